The van der Waals surface area contributed by atoms with Crippen LogP contribution >= 0.6 is 0 Å². The van der Waals surface area contributed by atoms with Gasteiger partial charge in [-0.3, -0.25) is 4.90 Å². The summed E-state index contributed by atoms with van der Waals surface area (Å²) in [6, 6.07) is 0. The molecular weight excluding hydrogens is 220 g/mol. The van der Waals surface area contributed by atoms with Crippen LogP contribution in [0.2, 0.25) is 0 Å². The lowest BCUT2D eigenvalue weighted by atomic mass is 10.2. The van der Waals surface area contributed by atoms with Gasteiger partial charge in [0.1, 0.15) is 0 Å². The minimum atomic E-state index is -0.177. The van der Waals surface area contributed by atoms with Crippen molar-refractivity contribution in [3.05, 3.63) is 0 Å². The first-order chi connectivity index (χ1) is 8.29. The molecule has 0 radical (unpaired) electrons. The van der Waals surface area contributed by atoms with E-state index in [-0.39, 0.29) is 6.09 Å². The van der Waals surface area contributed by atoms with Crippen molar-refractivity contribution in [3.8, 4) is 0 Å². The average Bonchev–Trinajstić information content (AvgIpc) is 2.83. The highest BCUT2D eigenvalue weighted by Crippen LogP contribution is 2.14. The second-order valence-corrected chi connectivity index (χ2v) is 4.62. The Morgan fingerprint density at radius 2 is 2.12 bits per heavy atom. The monoisotopic (exact) mass is 242 g/mol. The Kier molecular flexibility index (Phi) is 4.62. The zero-order valence-electron chi connectivity index (χ0n) is 10.6. The summed E-state index contributed by atoms with van der Waals surface area (Å²) >= 11 is 0. The fraction of sp³-hybridized carbons (Fsp3) is 0.917. The summed E-state index contributed by atoms with van der Waals surface area (Å²) in [7, 11) is 0. The Bertz CT molecular complexity index is 246. The molecule has 0 aromatic rings. The molecule has 0 bridgehead atoms. The standard InChI is InChI=1S/C12H22N2O3/c1-2-16-12(15)14-7-5-13(6-8-14)10-11-4-3-9-17-11/h11H,2-10H2,1H3. The van der Waals surface area contributed by atoms with Gasteiger partial charge in [0.15, 0.2) is 0 Å². The van der Waals surface area contributed by atoms with Crippen LogP contribution in [-0.2, 0) is 9.47 Å². The van der Waals surface area contributed by atoms with Crippen LogP contribution in [-0.4, -0.2) is 67.9 Å². The highest BCUT2D eigenvalue weighted by atomic mass is 16.6. The maximum Gasteiger partial charge on any atom is 0.409 e. The number of piperazine rings is 1. The van der Waals surface area contributed by atoms with Gasteiger partial charge in [-0.05, 0) is 19.8 Å². The molecule has 17 heavy (non-hydrogen) atoms. The minimum absolute atomic E-state index is 0.177. The van der Waals surface area contributed by atoms with Gasteiger partial charge in [0.2, 0.25) is 0 Å². The molecule has 0 aliphatic carbocycles. The number of carbonyl (C=O) groups excluding carboxylic acids is 1. The molecule has 98 valence electrons. The molecule has 0 saturated carbocycles. The van der Waals surface area contributed by atoms with Crippen molar-refractivity contribution in [1.82, 2.24) is 9.80 Å². The first kappa shape index (κ1) is 12.6. The number of carbonyl (C=O) groups is 1. The van der Waals surface area contributed by atoms with Crippen molar-refractivity contribution < 1.29 is 14.3 Å². The van der Waals surface area contributed by atoms with Gasteiger partial charge in [-0.1, -0.05) is 0 Å². The molecular formula is C12H22N2O3. The van der Waals surface area contributed by atoms with E-state index in [9.17, 15) is 4.79 Å². The molecule has 2 aliphatic rings. The first-order valence-corrected chi connectivity index (χ1v) is 6.55. The molecule has 2 fully saturated rings. The van der Waals surface area contributed by atoms with E-state index in [1.165, 1.54) is 12.8 Å². The Balaban J connectivity index is 1.68. The summed E-state index contributed by atoms with van der Waals surface area (Å²) in [4.78, 5) is 15.7. The lowest BCUT2D eigenvalue weighted by Crippen LogP contribution is -2.50. The van der Waals surface area contributed by atoms with Crippen molar-refractivity contribution in [2.24, 2.45) is 0 Å². The number of ether oxygens (including phenoxy) is 2. The van der Waals surface area contributed by atoms with Gasteiger partial charge < -0.3 is 14.4 Å². The summed E-state index contributed by atoms with van der Waals surface area (Å²) in [6.07, 6.45) is 2.60. The van der Waals surface area contributed by atoms with Crippen LogP contribution in [0, 0.1) is 0 Å². The molecule has 5 heteroatoms. The zero-order chi connectivity index (χ0) is 12.1. The smallest absolute Gasteiger partial charge is 0.409 e. The molecule has 2 aliphatic heterocycles. The third-order valence-electron chi connectivity index (χ3n) is 3.38. The van der Waals surface area contributed by atoms with E-state index in [1.54, 1.807) is 4.90 Å². The maximum absolute atomic E-state index is 11.5. The fourth-order valence-electron chi connectivity index (χ4n) is 2.40. The van der Waals surface area contributed by atoms with E-state index in [4.69, 9.17) is 9.47 Å². The maximum atomic E-state index is 11.5. The van der Waals surface area contributed by atoms with Crippen LogP contribution in [0.5, 0.6) is 0 Å². The van der Waals surface area contributed by atoms with Gasteiger partial charge >= 0.3 is 6.09 Å². The second kappa shape index (κ2) is 6.21. The molecule has 2 rings (SSSR count). The molecule has 2 saturated heterocycles. The van der Waals surface area contributed by atoms with E-state index in [0.29, 0.717) is 12.7 Å². The Morgan fingerprint density at radius 3 is 2.71 bits per heavy atom. The summed E-state index contributed by atoms with van der Waals surface area (Å²) in [6.45, 7) is 7.61. The highest BCUT2D eigenvalue weighted by Gasteiger charge is 2.25. The normalized spacial score (nSPS) is 26.2. The number of nitrogens with zero attached hydrogens (tertiary/aromatic N) is 2. The van der Waals surface area contributed by atoms with E-state index >= 15 is 0 Å². The molecule has 0 N–H and O–H groups in total. The SMILES string of the molecule is CCOC(=O)N1CCN(CC2CCCO2)CC1. The molecule has 1 amide bonds. The Labute approximate surface area is 103 Å². The topological polar surface area (TPSA) is 42.0 Å². The van der Waals surface area contributed by atoms with Crippen LogP contribution in [0.3, 0.4) is 0 Å². The van der Waals surface area contributed by atoms with Gasteiger partial charge in [0.05, 0.1) is 12.7 Å². The Morgan fingerprint density at radius 1 is 1.35 bits per heavy atom. The Hall–Kier alpha value is -0.810. The van der Waals surface area contributed by atoms with Crippen LogP contribution < -0.4 is 0 Å². The number of amides is 1. The molecule has 1 unspecified atom stereocenters. The van der Waals surface area contributed by atoms with Gasteiger partial charge in [-0.25, -0.2) is 4.79 Å². The third-order valence-corrected chi connectivity index (χ3v) is 3.38. The lowest BCUT2D eigenvalue weighted by Gasteiger charge is -2.35. The molecule has 0 aromatic heterocycles. The molecule has 2 heterocycles. The largest absolute Gasteiger partial charge is 0.450 e. The molecule has 0 spiro atoms. The zero-order valence-corrected chi connectivity index (χ0v) is 10.6. The van der Waals surface area contributed by atoms with Crippen LogP contribution in [0.25, 0.3) is 0 Å². The molecule has 1 atom stereocenters. The van der Waals surface area contributed by atoms with E-state index in [1.807, 2.05) is 6.92 Å². The second-order valence-electron chi connectivity index (χ2n) is 4.62. The van der Waals surface area contributed by atoms with Gasteiger partial charge in [0.25, 0.3) is 0 Å². The lowest BCUT2D eigenvalue weighted by molar-refractivity contribution is 0.0442. The predicted octanol–water partition coefficient (Wildman–Crippen LogP) is 0.939. The highest BCUT2D eigenvalue weighted by molar-refractivity contribution is 5.67. The summed E-state index contributed by atoms with van der Waals surface area (Å²) in [5.41, 5.74) is 0. The summed E-state index contributed by atoms with van der Waals surface area (Å²) in [5, 5.41) is 0. The van der Waals surface area contributed by atoms with Crippen molar-refractivity contribution >= 4 is 6.09 Å². The van der Waals surface area contributed by atoms with Crippen LogP contribution in [0.15, 0.2) is 0 Å². The number of hydrogen-bond donors (Lipinski definition) is 0. The third kappa shape index (κ3) is 3.57. The van der Waals surface area contributed by atoms with E-state index in [0.717, 1.165) is 39.3 Å². The van der Waals surface area contributed by atoms with Gasteiger partial charge in [-0.2, -0.15) is 0 Å². The van der Waals surface area contributed by atoms with Gasteiger partial charge in [0, 0.05) is 39.3 Å². The summed E-state index contributed by atoms with van der Waals surface area (Å²) in [5.74, 6) is 0. The van der Waals surface area contributed by atoms with Crippen LogP contribution in [0.1, 0.15) is 19.8 Å². The van der Waals surface area contributed by atoms with Gasteiger partial charge in [-0.15, -0.1) is 0 Å². The quantitative estimate of drug-likeness (QED) is 0.738. The van der Waals surface area contributed by atoms with E-state index < -0.39 is 0 Å². The van der Waals surface area contributed by atoms with Crippen molar-refractivity contribution in [1.29, 1.82) is 0 Å². The predicted molar refractivity (Wildman–Crippen MR) is 64.0 cm³/mol. The van der Waals surface area contributed by atoms with E-state index in [2.05, 4.69) is 4.90 Å². The fourth-order valence-corrected chi connectivity index (χ4v) is 2.40. The number of rotatable bonds is 3. The first-order valence-electron chi connectivity index (χ1n) is 6.55. The van der Waals surface area contributed by atoms with Crippen molar-refractivity contribution in [3.63, 3.8) is 0 Å². The molecule has 0 aromatic carbocycles. The van der Waals surface area contributed by atoms with Crippen molar-refractivity contribution in [2.75, 3.05) is 45.9 Å². The summed E-state index contributed by atoms with van der Waals surface area (Å²) < 4.78 is 10.6. The molecule has 5 nitrogen and oxygen atoms in total. The van der Waals surface area contributed by atoms with Crippen LogP contribution in [0.4, 0.5) is 4.79 Å². The van der Waals surface area contributed by atoms with Crippen molar-refractivity contribution in [2.45, 2.75) is 25.9 Å². The minimum Gasteiger partial charge on any atom is -0.450 e. The number of hydrogen-bond acceptors (Lipinski definition) is 4. The average molecular weight is 242 g/mol.